The second-order valence-electron chi connectivity index (χ2n) is 3.33. The maximum atomic E-state index is 10.6. The highest BCUT2D eigenvalue weighted by Gasteiger charge is 2.16. The van der Waals surface area contributed by atoms with Crippen molar-refractivity contribution in [1.82, 2.24) is 0 Å². The van der Waals surface area contributed by atoms with E-state index in [-0.39, 0.29) is 11.0 Å². The van der Waals surface area contributed by atoms with Gasteiger partial charge < -0.3 is 15.3 Å². The van der Waals surface area contributed by atoms with Gasteiger partial charge in [0, 0.05) is 11.8 Å². The maximum Gasteiger partial charge on any atom is 0.371 e. The lowest BCUT2D eigenvalue weighted by atomic mass is 10.3. The van der Waals surface area contributed by atoms with Crippen molar-refractivity contribution in [2.75, 3.05) is 6.54 Å². The summed E-state index contributed by atoms with van der Waals surface area (Å²) < 4.78 is 5.19. The van der Waals surface area contributed by atoms with Gasteiger partial charge >= 0.3 is 5.97 Å². The Morgan fingerprint density at radius 3 is 2.73 bits per heavy atom. The monoisotopic (exact) mass is 229 g/mol. The SMILES string of the molecule is CC(CN)SC(C)c1ccc(C(=O)O)o1. The number of hydrogen-bond donors (Lipinski definition) is 2. The first-order chi connectivity index (χ1) is 7.04. The van der Waals surface area contributed by atoms with Crippen molar-refractivity contribution in [3.63, 3.8) is 0 Å². The van der Waals surface area contributed by atoms with Crippen molar-refractivity contribution in [2.24, 2.45) is 5.73 Å². The number of carbonyl (C=O) groups is 1. The Bertz CT molecular complexity index is 337. The van der Waals surface area contributed by atoms with Crippen LogP contribution in [-0.4, -0.2) is 22.9 Å². The Morgan fingerprint density at radius 2 is 2.27 bits per heavy atom. The van der Waals surface area contributed by atoms with Crippen LogP contribution in [0.5, 0.6) is 0 Å². The summed E-state index contributed by atoms with van der Waals surface area (Å²) in [6.07, 6.45) is 0. The maximum absolute atomic E-state index is 10.6. The van der Waals surface area contributed by atoms with E-state index < -0.39 is 5.97 Å². The van der Waals surface area contributed by atoms with E-state index in [1.54, 1.807) is 17.8 Å². The molecule has 1 aromatic heterocycles. The van der Waals surface area contributed by atoms with Gasteiger partial charge in [-0.3, -0.25) is 0 Å². The highest BCUT2D eigenvalue weighted by molar-refractivity contribution is 8.00. The van der Waals surface area contributed by atoms with Crippen LogP contribution in [0.15, 0.2) is 16.5 Å². The second kappa shape index (κ2) is 5.23. The molecule has 0 aromatic carbocycles. The predicted octanol–water partition coefficient (Wildman–Crippen LogP) is 2.12. The van der Waals surface area contributed by atoms with Crippen LogP contribution in [0.4, 0.5) is 0 Å². The molecule has 0 amide bonds. The van der Waals surface area contributed by atoms with Crippen molar-refractivity contribution in [2.45, 2.75) is 24.3 Å². The minimum atomic E-state index is -1.04. The number of nitrogens with two attached hydrogens (primary N) is 1. The Morgan fingerprint density at radius 1 is 1.60 bits per heavy atom. The third-order valence-electron chi connectivity index (χ3n) is 2.01. The van der Waals surface area contributed by atoms with Crippen LogP contribution in [0.25, 0.3) is 0 Å². The van der Waals surface area contributed by atoms with Crippen molar-refractivity contribution in [3.05, 3.63) is 23.7 Å². The van der Waals surface area contributed by atoms with E-state index in [4.69, 9.17) is 15.3 Å². The summed E-state index contributed by atoms with van der Waals surface area (Å²) in [5.74, 6) is -0.374. The van der Waals surface area contributed by atoms with Crippen LogP contribution in [0.3, 0.4) is 0 Å². The van der Waals surface area contributed by atoms with E-state index >= 15 is 0 Å². The molecule has 0 spiro atoms. The van der Waals surface area contributed by atoms with Gasteiger partial charge in [0.2, 0.25) is 5.76 Å². The molecule has 0 aliphatic heterocycles. The molecular formula is C10H15NO3S. The number of aromatic carboxylic acids is 1. The number of carboxylic acids is 1. The molecule has 1 rings (SSSR count). The van der Waals surface area contributed by atoms with Crippen LogP contribution >= 0.6 is 11.8 Å². The highest BCUT2D eigenvalue weighted by atomic mass is 32.2. The molecule has 1 aromatic rings. The Hall–Kier alpha value is -0.940. The molecule has 84 valence electrons. The summed E-state index contributed by atoms with van der Waals surface area (Å²) in [6.45, 7) is 4.60. The van der Waals surface area contributed by atoms with E-state index in [2.05, 4.69) is 0 Å². The van der Waals surface area contributed by atoms with E-state index in [9.17, 15) is 4.79 Å². The third kappa shape index (κ3) is 3.28. The fraction of sp³-hybridized carbons (Fsp3) is 0.500. The van der Waals surface area contributed by atoms with Crippen LogP contribution in [-0.2, 0) is 0 Å². The van der Waals surface area contributed by atoms with Crippen molar-refractivity contribution in [3.8, 4) is 0 Å². The molecule has 15 heavy (non-hydrogen) atoms. The topological polar surface area (TPSA) is 76.5 Å². The van der Waals surface area contributed by atoms with E-state index in [0.717, 1.165) is 0 Å². The fourth-order valence-electron chi connectivity index (χ4n) is 1.16. The first-order valence-electron chi connectivity index (χ1n) is 4.73. The van der Waals surface area contributed by atoms with Crippen LogP contribution in [0.1, 0.15) is 35.4 Å². The molecule has 0 aliphatic rings. The van der Waals surface area contributed by atoms with Gasteiger partial charge in [-0.1, -0.05) is 6.92 Å². The van der Waals surface area contributed by atoms with Crippen molar-refractivity contribution >= 4 is 17.7 Å². The normalized spacial score (nSPS) is 14.9. The van der Waals surface area contributed by atoms with Crippen LogP contribution < -0.4 is 5.73 Å². The third-order valence-corrected chi connectivity index (χ3v) is 3.30. The smallest absolute Gasteiger partial charge is 0.371 e. The summed E-state index contributed by atoms with van der Waals surface area (Å²) >= 11 is 1.67. The average Bonchev–Trinajstić information content (AvgIpc) is 2.66. The number of furan rings is 1. The van der Waals surface area contributed by atoms with Gasteiger partial charge in [0.15, 0.2) is 0 Å². The molecule has 0 saturated heterocycles. The second-order valence-corrected chi connectivity index (χ2v) is 5.12. The first kappa shape index (κ1) is 12.1. The summed E-state index contributed by atoms with van der Waals surface area (Å²) in [4.78, 5) is 10.6. The van der Waals surface area contributed by atoms with E-state index in [0.29, 0.717) is 17.6 Å². The van der Waals surface area contributed by atoms with Gasteiger partial charge in [0.05, 0.1) is 5.25 Å². The molecule has 0 radical (unpaired) electrons. The van der Waals surface area contributed by atoms with Gasteiger partial charge in [0.25, 0.3) is 0 Å². The summed E-state index contributed by atoms with van der Waals surface area (Å²) in [7, 11) is 0. The standard InChI is InChI=1S/C10H15NO3S/c1-6(5-11)15-7(2)8-3-4-9(14-8)10(12)13/h3-4,6-7H,5,11H2,1-2H3,(H,12,13). The predicted molar refractivity (Wildman–Crippen MR) is 60.2 cm³/mol. The first-order valence-corrected chi connectivity index (χ1v) is 5.67. The molecule has 0 saturated carbocycles. The summed E-state index contributed by atoms with van der Waals surface area (Å²) in [6, 6.07) is 3.17. The molecule has 0 bridgehead atoms. The number of rotatable bonds is 5. The van der Waals surface area contributed by atoms with Crippen LogP contribution in [0, 0.1) is 0 Å². The zero-order chi connectivity index (χ0) is 11.4. The molecular weight excluding hydrogens is 214 g/mol. The molecule has 3 N–H and O–H groups in total. The molecule has 1 heterocycles. The molecule has 4 nitrogen and oxygen atoms in total. The van der Waals surface area contributed by atoms with Gasteiger partial charge in [0.1, 0.15) is 5.76 Å². The zero-order valence-corrected chi connectivity index (χ0v) is 9.58. The lowest BCUT2D eigenvalue weighted by molar-refractivity contribution is 0.0660. The van der Waals surface area contributed by atoms with Gasteiger partial charge in [-0.15, -0.1) is 11.8 Å². The quantitative estimate of drug-likeness (QED) is 0.808. The van der Waals surface area contributed by atoms with E-state index in [1.807, 2.05) is 13.8 Å². The molecule has 0 aliphatic carbocycles. The Kier molecular flexibility index (Phi) is 4.23. The number of thioether (sulfide) groups is 1. The fourth-order valence-corrected chi connectivity index (χ4v) is 2.23. The average molecular weight is 229 g/mol. The Balaban J connectivity index is 2.65. The minimum absolute atomic E-state index is 0.0159. The number of carboxylic acid groups (broad SMARTS) is 1. The summed E-state index contributed by atoms with van der Waals surface area (Å²) in [5, 5.41) is 9.14. The largest absolute Gasteiger partial charge is 0.475 e. The lowest BCUT2D eigenvalue weighted by Gasteiger charge is -2.13. The minimum Gasteiger partial charge on any atom is -0.475 e. The van der Waals surface area contributed by atoms with E-state index in [1.165, 1.54) is 6.07 Å². The molecule has 2 atom stereocenters. The molecule has 5 heteroatoms. The van der Waals surface area contributed by atoms with Gasteiger partial charge in [-0.05, 0) is 19.1 Å². The molecule has 0 fully saturated rings. The number of hydrogen-bond acceptors (Lipinski definition) is 4. The van der Waals surface area contributed by atoms with Gasteiger partial charge in [-0.2, -0.15) is 0 Å². The zero-order valence-electron chi connectivity index (χ0n) is 8.77. The Labute approximate surface area is 92.8 Å². The summed E-state index contributed by atoms with van der Waals surface area (Å²) in [5.41, 5.74) is 5.51. The van der Waals surface area contributed by atoms with Gasteiger partial charge in [-0.25, -0.2) is 4.79 Å². The highest BCUT2D eigenvalue weighted by Crippen LogP contribution is 2.32. The van der Waals surface area contributed by atoms with Crippen molar-refractivity contribution < 1.29 is 14.3 Å². The van der Waals surface area contributed by atoms with Crippen molar-refractivity contribution in [1.29, 1.82) is 0 Å². The molecule has 2 unspecified atom stereocenters. The van der Waals surface area contributed by atoms with Crippen LogP contribution in [0.2, 0.25) is 0 Å². The lowest BCUT2D eigenvalue weighted by Crippen LogP contribution is -2.13.